The number of carbonyl (C=O) groups excluding carboxylic acids is 3. The topological polar surface area (TPSA) is 91.1 Å². The number of hydrogen-bond acceptors (Lipinski definition) is 3. The third-order valence-corrected chi connectivity index (χ3v) is 6.23. The molecule has 1 aromatic rings. The predicted molar refractivity (Wildman–Crippen MR) is 135 cm³/mol. The van der Waals surface area contributed by atoms with Crippen molar-refractivity contribution >= 4 is 17.6 Å². The zero-order chi connectivity index (χ0) is 24.2. The van der Waals surface area contributed by atoms with Gasteiger partial charge in [-0.25, -0.2) is 0 Å². The van der Waals surface area contributed by atoms with Crippen LogP contribution in [0.25, 0.3) is 0 Å². The predicted octanol–water partition coefficient (Wildman–Crippen LogP) is 5.48. The number of rotatable bonds is 21. The first-order chi connectivity index (χ1) is 16.1. The maximum absolute atomic E-state index is 12.3. The maximum atomic E-state index is 12.3. The van der Waals surface area contributed by atoms with E-state index in [1.807, 2.05) is 12.3 Å². The quantitative estimate of drug-likeness (QED) is 0.212. The highest BCUT2D eigenvalue weighted by Crippen LogP contribution is 2.14. The van der Waals surface area contributed by atoms with Crippen molar-refractivity contribution in [3.05, 3.63) is 24.0 Å². The van der Waals surface area contributed by atoms with Crippen molar-refractivity contribution in [2.24, 2.45) is 5.92 Å². The molecule has 1 atom stereocenters. The van der Waals surface area contributed by atoms with E-state index in [1.165, 1.54) is 70.6 Å². The van der Waals surface area contributed by atoms with Crippen LogP contribution in [-0.4, -0.2) is 36.2 Å². The third kappa shape index (κ3) is 15.4. The highest BCUT2D eigenvalue weighted by atomic mass is 16.2. The first-order valence-corrected chi connectivity index (χ1v) is 13.2. The minimum absolute atomic E-state index is 0.00207. The Labute approximate surface area is 201 Å². The molecule has 0 saturated heterocycles. The van der Waals surface area contributed by atoms with E-state index in [1.54, 1.807) is 13.2 Å². The molecule has 33 heavy (non-hydrogen) atoms. The van der Waals surface area contributed by atoms with Crippen LogP contribution in [0.3, 0.4) is 0 Å². The number of Topliss-reactive ketones (excluding diaryl/α,β-unsaturated/α-hetero) is 1. The summed E-state index contributed by atoms with van der Waals surface area (Å²) in [7, 11) is 1.58. The molecule has 0 aliphatic rings. The lowest BCUT2D eigenvalue weighted by atomic mass is 9.94. The normalized spacial score (nSPS) is 11.8. The van der Waals surface area contributed by atoms with Crippen LogP contribution in [0, 0.1) is 5.92 Å². The second kappa shape index (κ2) is 19.4. The van der Waals surface area contributed by atoms with Gasteiger partial charge < -0.3 is 15.6 Å². The van der Waals surface area contributed by atoms with Crippen molar-refractivity contribution in [2.45, 2.75) is 110 Å². The number of aromatic amines is 1. The smallest absolute Gasteiger partial charge is 0.223 e. The Morgan fingerprint density at radius 2 is 1.45 bits per heavy atom. The van der Waals surface area contributed by atoms with Crippen molar-refractivity contribution in [2.75, 3.05) is 13.6 Å². The molecular weight excluding hydrogens is 414 g/mol. The summed E-state index contributed by atoms with van der Waals surface area (Å²) in [6.45, 7) is 2.25. The van der Waals surface area contributed by atoms with E-state index in [0.29, 0.717) is 12.8 Å². The summed E-state index contributed by atoms with van der Waals surface area (Å²) in [6, 6.07) is 1.90. The maximum Gasteiger partial charge on any atom is 0.223 e. The first kappa shape index (κ1) is 28.9. The minimum Gasteiger partial charge on any atom is -0.367 e. The van der Waals surface area contributed by atoms with Crippen LogP contribution in [0.4, 0.5) is 0 Å². The molecule has 0 aliphatic heterocycles. The van der Waals surface area contributed by atoms with Crippen LogP contribution in [0.5, 0.6) is 0 Å². The summed E-state index contributed by atoms with van der Waals surface area (Å²) >= 11 is 0. The summed E-state index contributed by atoms with van der Waals surface area (Å²) in [5.74, 6) is -0.759. The molecule has 0 unspecified atom stereocenters. The molecule has 1 aromatic heterocycles. The Morgan fingerprint density at radius 1 is 0.879 bits per heavy atom. The van der Waals surface area contributed by atoms with E-state index in [-0.39, 0.29) is 30.6 Å². The van der Waals surface area contributed by atoms with Crippen molar-refractivity contribution in [1.29, 1.82) is 0 Å². The summed E-state index contributed by atoms with van der Waals surface area (Å²) in [4.78, 5) is 39.4. The fraction of sp³-hybridized carbons (Fsp3) is 0.741. The Bertz CT molecular complexity index is 643. The van der Waals surface area contributed by atoms with Gasteiger partial charge in [-0.3, -0.25) is 14.4 Å². The summed E-state index contributed by atoms with van der Waals surface area (Å²) in [5, 5.41) is 5.35. The van der Waals surface area contributed by atoms with Crippen molar-refractivity contribution in [1.82, 2.24) is 15.6 Å². The molecule has 3 N–H and O–H groups in total. The molecular formula is C27H47N3O3. The van der Waals surface area contributed by atoms with Gasteiger partial charge in [-0.05, 0) is 24.5 Å². The highest BCUT2D eigenvalue weighted by molar-refractivity contribution is 5.90. The lowest BCUT2D eigenvalue weighted by molar-refractivity contribution is -0.129. The van der Waals surface area contributed by atoms with Crippen LogP contribution in [0.1, 0.15) is 109 Å². The van der Waals surface area contributed by atoms with Gasteiger partial charge in [-0.2, -0.15) is 0 Å². The van der Waals surface area contributed by atoms with Gasteiger partial charge in [0.15, 0.2) is 5.78 Å². The Balaban J connectivity index is 2.03. The number of hydrogen-bond donors (Lipinski definition) is 3. The van der Waals surface area contributed by atoms with Gasteiger partial charge in [0.05, 0.1) is 6.54 Å². The average molecular weight is 462 g/mol. The first-order valence-electron chi connectivity index (χ1n) is 13.2. The number of amides is 2. The van der Waals surface area contributed by atoms with E-state index < -0.39 is 5.92 Å². The van der Waals surface area contributed by atoms with Crippen molar-refractivity contribution in [3.8, 4) is 0 Å². The Hall–Kier alpha value is -2.11. The molecule has 0 aliphatic carbocycles. The van der Waals surface area contributed by atoms with Crippen LogP contribution < -0.4 is 10.6 Å². The Kier molecular flexibility index (Phi) is 17.0. The van der Waals surface area contributed by atoms with Crippen molar-refractivity contribution in [3.63, 3.8) is 0 Å². The minimum atomic E-state index is -0.420. The number of ketones is 1. The third-order valence-electron chi connectivity index (χ3n) is 6.23. The van der Waals surface area contributed by atoms with E-state index in [4.69, 9.17) is 0 Å². The zero-order valence-electron chi connectivity index (χ0n) is 21.1. The average Bonchev–Trinajstić information content (AvgIpc) is 3.33. The van der Waals surface area contributed by atoms with E-state index in [0.717, 1.165) is 18.4 Å². The SMILES string of the molecule is CCCCCCCCCCCCCCCC(=O)NCC(=O)C[C@@H](Cc1cc[nH]c1)C(=O)NC. The lowest BCUT2D eigenvalue weighted by Crippen LogP contribution is -2.34. The summed E-state index contributed by atoms with van der Waals surface area (Å²) in [6.07, 6.45) is 21.3. The van der Waals surface area contributed by atoms with E-state index >= 15 is 0 Å². The van der Waals surface area contributed by atoms with Gasteiger partial charge in [0.2, 0.25) is 11.8 Å². The van der Waals surface area contributed by atoms with Gasteiger partial charge >= 0.3 is 0 Å². The van der Waals surface area contributed by atoms with Gasteiger partial charge in [0, 0.05) is 38.2 Å². The summed E-state index contributed by atoms with van der Waals surface area (Å²) < 4.78 is 0. The van der Waals surface area contributed by atoms with Gasteiger partial charge in [0.1, 0.15) is 0 Å². The molecule has 6 nitrogen and oxygen atoms in total. The molecule has 0 aromatic carbocycles. The molecule has 188 valence electrons. The van der Waals surface area contributed by atoms with Crippen LogP contribution in [-0.2, 0) is 20.8 Å². The zero-order valence-corrected chi connectivity index (χ0v) is 21.1. The van der Waals surface area contributed by atoms with E-state index in [2.05, 4.69) is 22.5 Å². The standard InChI is InChI=1S/C27H47N3O3/c1-3-4-5-6-7-8-9-10-11-12-13-14-15-16-26(32)30-22-25(31)20-24(27(33)28-2)19-23-17-18-29-21-23/h17-18,21,24,29H,3-16,19-20,22H2,1-2H3,(H,28,33)(H,30,32)/t24-/m1/s1. The monoisotopic (exact) mass is 461 g/mol. The molecule has 2 amide bonds. The number of carbonyl (C=O) groups is 3. The van der Waals surface area contributed by atoms with Crippen LogP contribution in [0.15, 0.2) is 18.5 Å². The van der Waals surface area contributed by atoms with Gasteiger partial charge in [-0.1, -0.05) is 84.0 Å². The molecule has 0 radical (unpaired) electrons. The molecule has 0 spiro atoms. The number of unbranched alkanes of at least 4 members (excludes halogenated alkanes) is 12. The number of aromatic nitrogens is 1. The molecule has 6 heteroatoms. The lowest BCUT2D eigenvalue weighted by Gasteiger charge is -2.14. The van der Waals surface area contributed by atoms with E-state index in [9.17, 15) is 14.4 Å². The van der Waals surface area contributed by atoms with Crippen molar-refractivity contribution < 1.29 is 14.4 Å². The van der Waals surface area contributed by atoms with Crippen LogP contribution >= 0.6 is 0 Å². The van der Waals surface area contributed by atoms with Gasteiger partial charge in [0.25, 0.3) is 0 Å². The summed E-state index contributed by atoms with van der Waals surface area (Å²) in [5.41, 5.74) is 0.989. The second-order valence-corrected chi connectivity index (χ2v) is 9.25. The fourth-order valence-electron chi connectivity index (χ4n) is 4.17. The highest BCUT2D eigenvalue weighted by Gasteiger charge is 2.21. The number of nitrogens with one attached hydrogen (secondary N) is 3. The number of H-pyrrole nitrogens is 1. The second-order valence-electron chi connectivity index (χ2n) is 9.25. The molecule has 1 rings (SSSR count). The van der Waals surface area contributed by atoms with Gasteiger partial charge in [-0.15, -0.1) is 0 Å². The Morgan fingerprint density at radius 3 is 1.97 bits per heavy atom. The molecule has 0 bridgehead atoms. The molecule has 0 fully saturated rings. The fourth-order valence-corrected chi connectivity index (χ4v) is 4.17. The largest absolute Gasteiger partial charge is 0.367 e. The molecule has 0 saturated carbocycles. The molecule has 1 heterocycles. The van der Waals surface area contributed by atoms with Crippen LogP contribution in [0.2, 0.25) is 0 Å².